The number of piperazine rings is 1. The lowest BCUT2D eigenvalue weighted by atomic mass is 10.0. The zero-order valence-corrected chi connectivity index (χ0v) is 13.0. The SMILES string of the molecule is CCC1C(=O)NC(C2CC2)C(=O)N1c1cc(C)ccc1Cl. The van der Waals surface area contributed by atoms with Crippen LogP contribution in [0.15, 0.2) is 18.2 Å². The number of aryl methyl sites for hydroxylation is 1. The van der Waals surface area contributed by atoms with E-state index in [1.54, 1.807) is 11.0 Å². The second kappa shape index (κ2) is 5.34. The van der Waals surface area contributed by atoms with Gasteiger partial charge in [0.05, 0.1) is 10.7 Å². The second-order valence-electron chi connectivity index (χ2n) is 5.91. The Morgan fingerprint density at radius 3 is 2.67 bits per heavy atom. The number of hydrogen-bond acceptors (Lipinski definition) is 2. The number of nitrogens with one attached hydrogen (secondary N) is 1. The third-order valence-corrected chi connectivity index (χ3v) is 4.58. The highest BCUT2D eigenvalue weighted by molar-refractivity contribution is 6.34. The fourth-order valence-electron chi connectivity index (χ4n) is 2.94. The van der Waals surface area contributed by atoms with E-state index in [1.807, 2.05) is 26.0 Å². The molecule has 1 aliphatic heterocycles. The van der Waals surface area contributed by atoms with Crippen molar-refractivity contribution in [1.82, 2.24) is 5.32 Å². The van der Waals surface area contributed by atoms with E-state index in [9.17, 15) is 9.59 Å². The molecule has 1 aromatic carbocycles. The molecule has 0 aromatic heterocycles. The van der Waals surface area contributed by atoms with Gasteiger partial charge in [-0.2, -0.15) is 0 Å². The predicted octanol–water partition coefficient (Wildman–Crippen LogP) is 2.67. The highest BCUT2D eigenvalue weighted by atomic mass is 35.5. The minimum absolute atomic E-state index is 0.0311. The van der Waals surface area contributed by atoms with Gasteiger partial charge in [0.1, 0.15) is 12.1 Å². The van der Waals surface area contributed by atoms with E-state index in [2.05, 4.69) is 5.32 Å². The summed E-state index contributed by atoms with van der Waals surface area (Å²) in [6.45, 7) is 3.86. The van der Waals surface area contributed by atoms with Gasteiger partial charge in [-0.05, 0) is 49.8 Å². The van der Waals surface area contributed by atoms with Crippen LogP contribution in [0, 0.1) is 12.8 Å². The van der Waals surface area contributed by atoms with Crippen LogP contribution in [0.5, 0.6) is 0 Å². The summed E-state index contributed by atoms with van der Waals surface area (Å²) in [6.07, 6.45) is 2.57. The second-order valence-corrected chi connectivity index (χ2v) is 6.32. The van der Waals surface area contributed by atoms with Crippen LogP contribution in [-0.2, 0) is 9.59 Å². The van der Waals surface area contributed by atoms with Crippen LogP contribution >= 0.6 is 11.6 Å². The van der Waals surface area contributed by atoms with Gasteiger partial charge < -0.3 is 5.32 Å². The molecule has 1 heterocycles. The average molecular weight is 307 g/mol. The first-order valence-corrected chi connectivity index (χ1v) is 7.80. The monoisotopic (exact) mass is 306 g/mol. The topological polar surface area (TPSA) is 49.4 Å². The largest absolute Gasteiger partial charge is 0.342 e. The number of rotatable bonds is 3. The number of benzene rings is 1. The van der Waals surface area contributed by atoms with Gasteiger partial charge >= 0.3 is 0 Å². The van der Waals surface area contributed by atoms with Gasteiger partial charge in [0.25, 0.3) is 5.91 Å². The average Bonchev–Trinajstić information content (AvgIpc) is 3.28. The van der Waals surface area contributed by atoms with E-state index in [0.29, 0.717) is 17.1 Å². The zero-order chi connectivity index (χ0) is 15.1. The van der Waals surface area contributed by atoms with Crippen LogP contribution in [0.2, 0.25) is 5.02 Å². The van der Waals surface area contributed by atoms with Gasteiger partial charge in [-0.25, -0.2) is 0 Å². The number of nitrogens with zero attached hydrogens (tertiary/aromatic N) is 1. The molecule has 1 saturated heterocycles. The van der Waals surface area contributed by atoms with Gasteiger partial charge in [-0.3, -0.25) is 14.5 Å². The van der Waals surface area contributed by atoms with Crippen molar-refractivity contribution in [3.63, 3.8) is 0 Å². The molecule has 5 heteroatoms. The van der Waals surface area contributed by atoms with Crippen molar-refractivity contribution in [2.75, 3.05) is 4.90 Å². The van der Waals surface area contributed by atoms with Crippen molar-refractivity contribution in [1.29, 1.82) is 0 Å². The maximum Gasteiger partial charge on any atom is 0.250 e. The fourth-order valence-corrected chi connectivity index (χ4v) is 3.15. The molecule has 2 fully saturated rings. The summed E-state index contributed by atoms with van der Waals surface area (Å²) in [7, 11) is 0. The summed E-state index contributed by atoms with van der Waals surface area (Å²) >= 11 is 6.28. The Balaban J connectivity index is 2.03. The molecule has 2 unspecified atom stereocenters. The first kappa shape index (κ1) is 14.4. The van der Waals surface area contributed by atoms with Crippen molar-refractivity contribution in [3.8, 4) is 0 Å². The van der Waals surface area contributed by atoms with Gasteiger partial charge in [-0.1, -0.05) is 24.6 Å². The van der Waals surface area contributed by atoms with Crippen LogP contribution in [0.3, 0.4) is 0 Å². The van der Waals surface area contributed by atoms with E-state index in [-0.39, 0.29) is 17.7 Å². The normalized spacial score (nSPS) is 26.0. The maximum absolute atomic E-state index is 12.8. The minimum atomic E-state index is -0.480. The summed E-state index contributed by atoms with van der Waals surface area (Å²) in [4.78, 5) is 26.8. The lowest BCUT2D eigenvalue weighted by Crippen LogP contribution is -2.64. The van der Waals surface area contributed by atoms with Crippen LogP contribution < -0.4 is 10.2 Å². The molecule has 0 spiro atoms. The van der Waals surface area contributed by atoms with Gasteiger partial charge in [-0.15, -0.1) is 0 Å². The van der Waals surface area contributed by atoms with Crippen molar-refractivity contribution < 1.29 is 9.59 Å². The molecule has 0 bridgehead atoms. The first-order valence-electron chi connectivity index (χ1n) is 7.42. The van der Waals surface area contributed by atoms with Gasteiger partial charge in [0.2, 0.25) is 5.91 Å². The third kappa shape index (κ3) is 2.53. The predicted molar refractivity (Wildman–Crippen MR) is 82.4 cm³/mol. The van der Waals surface area contributed by atoms with Crippen molar-refractivity contribution in [3.05, 3.63) is 28.8 Å². The van der Waals surface area contributed by atoms with E-state index in [1.165, 1.54) is 0 Å². The standard InChI is InChI=1S/C16H19ClN2O2/c1-3-12-15(20)18-14(10-5-6-10)16(21)19(12)13-8-9(2)4-7-11(13)17/h4,7-8,10,12,14H,3,5-6H2,1-2H3,(H,18,20). The Morgan fingerprint density at radius 2 is 2.05 bits per heavy atom. The molecule has 1 aliphatic carbocycles. The van der Waals surface area contributed by atoms with E-state index in [4.69, 9.17) is 11.6 Å². The molecular weight excluding hydrogens is 288 g/mol. The molecule has 2 amide bonds. The molecule has 21 heavy (non-hydrogen) atoms. The number of halogens is 1. The number of hydrogen-bond donors (Lipinski definition) is 1. The smallest absolute Gasteiger partial charge is 0.250 e. The zero-order valence-electron chi connectivity index (χ0n) is 12.2. The molecule has 1 N–H and O–H groups in total. The summed E-state index contributed by atoms with van der Waals surface area (Å²) in [5, 5.41) is 3.40. The number of anilines is 1. The van der Waals surface area contributed by atoms with Crippen LogP contribution in [-0.4, -0.2) is 23.9 Å². The summed E-state index contributed by atoms with van der Waals surface area (Å²) in [5.74, 6) is 0.174. The molecule has 0 radical (unpaired) electrons. The minimum Gasteiger partial charge on any atom is -0.342 e. The Morgan fingerprint density at radius 1 is 1.33 bits per heavy atom. The summed E-state index contributed by atoms with van der Waals surface area (Å²) in [5.41, 5.74) is 1.67. The molecule has 112 valence electrons. The molecule has 3 rings (SSSR count). The summed E-state index contributed by atoms with van der Waals surface area (Å²) < 4.78 is 0. The Labute approximate surface area is 129 Å². The highest BCUT2D eigenvalue weighted by Gasteiger charge is 2.47. The van der Waals surface area contributed by atoms with Crippen molar-refractivity contribution >= 4 is 29.1 Å². The lowest BCUT2D eigenvalue weighted by Gasteiger charge is -2.39. The Bertz CT molecular complexity index is 598. The van der Waals surface area contributed by atoms with E-state index >= 15 is 0 Å². The molecule has 1 aromatic rings. The third-order valence-electron chi connectivity index (χ3n) is 4.26. The molecule has 2 aliphatic rings. The van der Waals surface area contributed by atoms with Crippen LogP contribution in [0.4, 0.5) is 5.69 Å². The van der Waals surface area contributed by atoms with Crippen molar-refractivity contribution in [2.45, 2.75) is 45.2 Å². The van der Waals surface area contributed by atoms with Crippen LogP contribution in [0.1, 0.15) is 31.7 Å². The van der Waals surface area contributed by atoms with E-state index in [0.717, 1.165) is 18.4 Å². The molecule has 2 atom stereocenters. The highest BCUT2D eigenvalue weighted by Crippen LogP contribution is 2.38. The maximum atomic E-state index is 12.8. The van der Waals surface area contributed by atoms with Crippen LogP contribution in [0.25, 0.3) is 0 Å². The Hall–Kier alpha value is -1.55. The lowest BCUT2D eigenvalue weighted by molar-refractivity contribution is -0.134. The van der Waals surface area contributed by atoms with Gasteiger partial charge in [0, 0.05) is 0 Å². The number of carbonyl (C=O) groups excluding carboxylic acids is 2. The Kier molecular flexibility index (Phi) is 3.66. The molecular formula is C16H19ClN2O2. The fraction of sp³-hybridized carbons (Fsp3) is 0.500. The number of carbonyl (C=O) groups is 2. The first-order chi connectivity index (χ1) is 10.0. The quantitative estimate of drug-likeness (QED) is 0.933. The molecule has 1 saturated carbocycles. The van der Waals surface area contributed by atoms with Gasteiger partial charge in [0.15, 0.2) is 0 Å². The van der Waals surface area contributed by atoms with Crippen molar-refractivity contribution in [2.24, 2.45) is 5.92 Å². The van der Waals surface area contributed by atoms with E-state index < -0.39 is 12.1 Å². The molecule has 4 nitrogen and oxygen atoms in total. The summed E-state index contributed by atoms with van der Waals surface area (Å²) in [6, 6.07) is 4.69. The number of amides is 2.